The summed E-state index contributed by atoms with van der Waals surface area (Å²) in [6, 6.07) is 8.44. The Morgan fingerprint density at radius 3 is 2.18 bits per heavy atom. The van der Waals surface area contributed by atoms with Gasteiger partial charge in [-0.2, -0.15) is 0 Å². The molecule has 0 atom stereocenters. The first-order valence-electron chi connectivity index (χ1n) is 5.49. The van der Waals surface area contributed by atoms with E-state index >= 15 is 0 Å². The maximum atomic E-state index is 3.43. The summed E-state index contributed by atoms with van der Waals surface area (Å²) >= 11 is 3.43. The third-order valence-corrected chi connectivity index (χ3v) is 2.73. The van der Waals surface area contributed by atoms with Crippen LogP contribution in [0.4, 0.5) is 0 Å². The second-order valence-corrected chi connectivity index (χ2v) is 4.43. The molecule has 0 aromatic heterocycles. The molecule has 17 heavy (non-hydrogen) atoms. The van der Waals surface area contributed by atoms with E-state index in [1.54, 1.807) is 0 Å². The number of halogens is 3. The molecule has 1 aromatic carbocycles. The Labute approximate surface area is 125 Å². The Balaban J connectivity index is 0. The van der Waals surface area contributed by atoms with E-state index in [1.165, 1.54) is 12.0 Å². The summed E-state index contributed by atoms with van der Waals surface area (Å²) in [6.07, 6.45) is 1.18. The van der Waals surface area contributed by atoms with Crippen LogP contribution in [0.3, 0.4) is 0 Å². The fourth-order valence-corrected chi connectivity index (χ4v) is 1.61. The van der Waals surface area contributed by atoms with Crippen LogP contribution in [0.15, 0.2) is 28.7 Å². The van der Waals surface area contributed by atoms with Gasteiger partial charge in [0.2, 0.25) is 0 Å². The third-order valence-electron chi connectivity index (χ3n) is 2.20. The van der Waals surface area contributed by atoms with E-state index in [0.29, 0.717) is 0 Å². The average molecular weight is 344 g/mol. The molecule has 0 spiro atoms. The van der Waals surface area contributed by atoms with Crippen molar-refractivity contribution in [1.82, 2.24) is 10.6 Å². The van der Waals surface area contributed by atoms with Gasteiger partial charge >= 0.3 is 0 Å². The number of hydrogen-bond donors (Lipinski definition) is 2. The normalized spacial score (nSPS) is 9.29. The van der Waals surface area contributed by atoms with E-state index in [-0.39, 0.29) is 24.8 Å². The molecule has 0 aliphatic rings. The van der Waals surface area contributed by atoms with Gasteiger partial charge in [0.1, 0.15) is 0 Å². The molecule has 0 aliphatic heterocycles. The highest BCUT2D eigenvalue weighted by molar-refractivity contribution is 9.10. The minimum atomic E-state index is 0. The van der Waals surface area contributed by atoms with Gasteiger partial charge in [-0.1, -0.05) is 35.0 Å². The lowest BCUT2D eigenvalue weighted by Crippen LogP contribution is -2.21. The van der Waals surface area contributed by atoms with Gasteiger partial charge in [0.05, 0.1) is 0 Å². The number of rotatable bonds is 7. The molecule has 0 saturated carbocycles. The molecule has 0 unspecified atom stereocenters. The van der Waals surface area contributed by atoms with Gasteiger partial charge in [-0.15, -0.1) is 24.8 Å². The average Bonchev–Trinajstić information content (AvgIpc) is 2.26. The maximum absolute atomic E-state index is 3.43. The monoisotopic (exact) mass is 342 g/mol. The highest BCUT2D eigenvalue weighted by Gasteiger charge is 1.92. The fourth-order valence-electron chi connectivity index (χ4n) is 1.35. The van der Waals surface area contributed by atoms with Gasteiger partial charge in [0.25, 0.3) is 0 Å². The van der Waals surface area contributed by atoms with Crippen LogP contribution in [0.5, 0.6) is 0 Å². The van der Waals surface area contributed by atoms with Gasteiger partial charge in [-0.25, -0.2) is 0 Å². The predicted molar refractivity (Wildman–Crippen MR) is 83.5 cm³/mol. The predicted octanol–water partition coefficient (Wildman–Crippen LogP) is 3.38. The molecule has 0 amide bonds. The zero-order valence-corrected chi connectivity index (χ0v) is 13.3. The third kappa shape index (κ3) is 9.86. The van der Waals surface area contributed by atoms with Crippen molar-refractivity contribution >= 4 is 40.7 Å². The molecule has 1 rings (SSSR count). The van der Waals surface area contributed by atoms with Crippen LogP contribution in [0.25, 0.3) is 0 Å². The second-order valence-electron chi connectivity index (χ2n) is 3.51. The number of nitrogens with one attached hydrogen (secondary N) is 2. The van der Waals surface area contributed by atoms with Crippen LogP contribution in [-0.4, -0.2) is 19.6 Å². The molecule has 0 fully saturated rings. The van der Waals surface area contributed by atoms with E-state index in [1.807, 2.05) is 0 Å². The lowest BCUT2D eigenvalue weighted by Gasteiger charge is -2.05. The summed E-state index contributed by atoms with van der Waals surface area (Å²) in [5.41, 5.74) is 1.33. The van der Waals surface area contributed by atoms with Gasteiger partial charge in [-0.3, -0.25) is 0 Å². The van der Waals surface area contributed by atoms with Crippen LogP contribution in [0.2, 0.25) is 0 Å². The van der Waals surface area contributed by atoms with Gasteiger partial charge in [0.15, 0.2) is 0 Å². The van der Waals surface area contributed by atoms with Crippen molar-refractivity contribution in [1.29, 1.82) is 0 Å². The lowest BCUT2D eigenvalue weighted by atomic mass is 10.2. The molecule has 0 radical (unpaired) electrons. The first kappa shape index (κ1) is 19.5. The topological polar surface area (TPSA) is 24.1 Å². The zero-order chi connectivity index (χ0) is 10.9. The summed E-state index contributed by atoms with van der Waals surface area (Å²) in [6.45, 7) is 6.33. The second kappa shape index (κ2) is 12.7. The smallest absolute Gasteiger partial charge is 0.0205 e. The molecule has 100 valence electrons. The summed E-state index contributed by atoms with van der Waals surface area (Å²) < 4.78 is 1.14. The number of hydrogen-bond acceptors (Lipinski definition) is 2. The molecule has 0 saturated heterocycles. The van der Waals surface area contributed by atoms with E-state index in [0.717, 1.165) is 30.7 Å². The van der Waals surface area contributed by atoms with Gasteiger partial charge in [-0.05, 0) is 43.8 Å². The fraction of sp³-hybridized carbons (Fsp3) is 0.500. The summed E-state index contributed by atoms with van der Waals surface area (Å²) in [7, 11) is 0. The highest BCUT2D eigenvalue weighted by Crippen LogP contribution is 2.09. The lowest BCUT2D eigenvalue weighted by molar-refractivity contribution is 0.606. The van der Waals surface area contributed by atoms with Crippen molar-refractivity contribution in [2.24, 2.45) is 0 Å². The molecular weight excluding hydrogens is 323 g/mol. The quantitative estimate of drug-likeness (QED) is 0.741. The molecule has 5 heteroatoms. The minimum absolute atomic E-state index is 0. The Morgan fingerprint density at radius 2 is 1.59 bits per heavy atom. The van der Waals surface area contributed by atoms with E-state index in [9.17, 15) is 0 Å². The SMILES string of the molecule is CCNCCCNCc1ccc(Br)cc1.Cl.Cl. The van der Waals surface area contributed by atoms with Crippen LogP contribution < -0.4 is 10.6 Å². The number of benzene rings is 1. The van der Waals surface area contributed by atoms with Gasteiger partial charge < -0.3 is 10.6 Å². The van der Waals surface area contributed by atoms with Crippen LogP contribution >= 0.6 is 40.7 Å². The Hall–Kier alpha value is 0.200. The Bertz CT molecular complexity index is 268. The summed E-state index contributed by atoms with van der Waals surface area (Å²) in [4.78, 5) is 0. The molecule has 1 aromatic rings. The summed E-state index contributed by atoms with van der Waals surface area (Å²) in [5, 5.41) is 6.73. The Kier molecular flexibility index (Phi) is 14.5. The zero-order valence-electron chi connectivity index (χ0n) is 10.0. The molecule has 2 N–H and O–H groups in total. The van der Waals surface area contributed by atoms with Crippen molar-refractivity contribution in [3.63, 3.8) is 0 Å². The molecule has 0 heterocycles. The van der Waals surface area contributed by atoms with E-state index < -0.39 is 0 Å². The highest BCUT2D eigenvalue weighted by atomic mass is 79.9. The first-order valence-corrected chi connectivity index (χ1v) is 6.28. The van der Waals surface area contributed by atoms with Crippen LogP contribution in [0, 0.1) is 0 Å². The van der Waals surface area contributed by atoms with Crippen molar-refractivity contribution in [3.05, 3.63) is 34.3 Å². The molecular formula is C12H21BrCl2N2. The van der Waals surface area contributed by atoms with Gasteiger partial charge in [0, 0.05) is 11.0 Å². The molecule has 0 aliphatic carbocycles. The van der Waals surface area contributed by atoms with Crippen LogP contribution in [-0.2, 0) is 6.54 Å². The first-order chi connectivity index (χ1) is 7.33. The van der Waals surface area contributed by atoms with Crippen molar-refractivity contribution < 1.29 is 0 Å². The standard InChI is InChI=1S/C12H19BrN2.2ClH/c1-2-14-8-3-9-15-10-11-4-6-12(13)7-5-11;;/h4-7,14-15H,2-3,8-10H2,1H3;2*1H. The van der Waals surface area contributed by atoms with E-state index in [2.05, 4.69) is 57.8 Å². The van der Waals surface area contributed by atoms with Crippen molar-refractivity contribution in [2.45, 2.75) is 19.9 Å². The minimum Gasteiger partial charge on any atom is -0.317 e. The molecule has 2 nitrogen and oxygen atoms in total. The maximum Gasteiger partial charge on any atom is 0.0205 e. The van der Waals surface area contributed by atoms with E-state index in [4.69, 9.17) is 0 Å². The molecule has 0 bridgehead atoms. The van der Waals surface area contributed by atoms with Crippen molar-refractivity contribution in [3.8, 4) is 0 Å². The summed E-state index contributed by atoms with van der Waals surface area (Å²) in [5.74, 6) is 0. The van der Waals surface area contributed by atoms with Crippen molar-refractivity contribution in [2.75, 3.05) is 19.6 Å². The van der Waals surface area contributed by atoms with Crippen LogP contribution in [0.1, 0.15) is 18.9 Å². The largest absolute Gasteiger partial charge is 0.317 e. The Morgan fingerprint density at radius 1 is 1.00 bits per heavy atom.